The minimum atomic E-state index is 0.136. The van der Waals surface area contributed by atoms with E-state index >= 15 is 0 Å². The van der Waals surface area contributed by atoms with E-state index in [0.717, 1.165) is 31.8 Å². The molecule has 4 nitrogen and oxygen atoms in total. The summed E-state index contributed by atoms with van der Waals surface area (Å²) in [6, 6.07) is 0.272. The fourth-order valence-electron chi connectivity index (χ4n) is 1.96. The van der Waals surface area contributed by atoms with Crippen LogP contribution < -0.4 is 0 Å². The Bertz CT molecular complexity index is 221. The van der Waals surface area contributed by atoms with Crippen molar-refractivity contribution in [2.75, 3.05) is 33.9 Å². The number of likely N-dealkylation sites (N-methyl/N-ethyl adjacent to an activating group) is 1. The van der Waals surface area contributed by atoms with Crippen LogP contribution in [0.25, 0.3) is 0 Å². The topological polar surface area (TPSA) is 32.8 Å². The molecule has 94 valence electrons. The minimum Gasteiger partial charge on any atom is -0.383 e. The summed E-state index contributed by atoms with van der Waals surface area (Å²) in [5.74, 6) is 0.755. The number of methoxy groups -OCH3 is 1. The normalized spacial score (nSPS) is 19.6. The van der Waals surface area contributed by atoms with Gasteiger partial charge in [-0.05, 0) is 25.7 Å². The molecule has 0 aromatic rings. The summed E-state index contributed by atoms with van der Waals surface area (Å²) < 4.78 is 5.07. The summed E-state index contributed by atoms with van der Waals surface area (Å²) in [7, 11) is 3.52. The zero-order valence-corrected chi connectivity index (χ0v) is 10.9. The number of carbonyl (C=O) groups excluding carboxylic acids is 1. The van der Waals surface area contributed by atoms with Crippen molar-refractivity contribution in [3.63, 3.8) is 0 Å². The van der Waals surface area contributed by atoms with Crippen molar-refractivity contribution in [3.8, 4) is 0 Å². The second kappa shape index (κ2) is 6.09. The Kier molecular flexibility index (Phi) is 5.06. The molecule has 1 rings (SSSR count). The van der Waals surface area contributed by atoms with E-state index in [0.29, 0.717) is 6.61 Å². The first-order valence-corrected chi connectivity index (χ1v) is 6.07. The minimum absolute atomic E-state index is 0.136. The molecule has 0 bridgehead atoms. The van der Waals surface area contributed by atoms with Gasteiger partial charge in [0.25, 0.3) is 0 Å². The van der Waals surface area contributed by atoms with Gasteiger partial charge in [-0.15, -0.1) is 0 Å². The van der Waals surface area contributed by atoms with Gasteiger partial charge in [0.1, 0.15) is 0 Å². The van der Waals surface area contributed by atoms with Crippen molar-refractivity contribution in [1.82, 2.24) is 9.80 Å². The Balaban J connectivity index is 2.44. The van der Waals surface area contributed by atoms with E-state index in [4.69, 9.17) is 4.74 Å². The van der Waals surface area contributed by atoms with Gasteiger partial charge in [-0.3, -0.25) is 0 Å². The summed E-state index contributed by atoms with van der Waals surface area (Å²) in [6.07, 6.45) is 2.25. The van der Waals surface area contributed by atoms with Gasteiger partial charge >= 0.3 is 6.03 Å². The van der Waals surface area contributed by atoms with Gasteiger partial charge in [0.15, 0.2) is 0 Å². The molecule has 4 heteroatoms. The molecule has 2 amide bonds. The number of piperidine rings is 1. The standard InChI is InChI=1S/C12H24N2O2/c1-10-5-7-14(8-6-10)12(15)13(3)11(2)9-16-4/h10-11H,5-9H2,1-4H3. The van der Waals surface area contributed by atoms with Gasteiger partial charge in [-0.25, -0.2) is 4.79 Å². The molecule has 0 aliphatic carbocycles. The smallest absolute Gasteiger partial charge is 0.320 e. The summed E-state index contributed by atoms with van der Waals surface area (Å²) in [4.78, 5) is 15.8. The first-order valence-electron chi connectivity index (χ1n) is 6.07. The maximum atomic E-state index is 12.1. The van der Waals surface area contributed by atoms with E-state index in [1.165, 1.54) is 0 Å². The lowest BCUT2D eigenvalue weighted by molar-refractivity contribution is 0.0972. The van der Waals surface area contributed by atoms with Crippen LogP contribution in [0.1, 0.15) is 26.7 Å². The third-order valence-corrected chi connectivity index (χ3v) is 3.42. The van der Waals surface area contributed by atoms with Crippen molar-refractivity contribution in [2.24, 2.45) is 5.92 Å². The molecule has 1 saturated heterocycles. The number of hydrogen-bond donors (Lipinski definition) is 0. The number of rotatable bonds is 3. The molecule has 1 fully saturated rings. The number of nitrogens with zero attached hydrogens (tertiary/aromatic N) is 2. The van der Waals surface area contributed by atoms with Gasteiger partial charge < -0.3 is 14.5 Å². The molecule has 1 aliphatic heterocycles. The van der Waals surface area contributed by atoms with Gasteiger partial charge in [0.2, 0.25) is 0 Å². The van der Waals surface area contributed by atoms with Crippen LogP contribution in [-0.2, 0) is 4.74 Å². The highest BCUT2D eigenvalue weighted by molar-refractivity contribution is 5.74. The maximum absolute atomic E-state index is 12.1. The molecule has 1 atom stereocenters. The number of carbonyl (C=O) groups is 1. The number of hydrogen-bond acceptors (Lipinski definition) is 2. The predicted molar refractivity (Wildman–Crippen MR) is 64.5 cm³/mol. The predicted octanol–water partition coefficient (Wildman–Crippen LogP) is 1.81. The molecule has 1 unspecified atom stereocenters. The van der Waals surface area contributed by atoms with Gasteiger partial charge in [0, 0.05) is 27.2 Å². The lowest BCUT2D eigenvalue weighted by atomic mass is 9.99. The molecule has 0 spiro atoms. The van der Waals surface area contributed by atoms with E-state index in [1.54, 1.807) is 12.0 Å². The van der Waals surface area contributed by atoms with Gasteiger partial charge in [-0.1, -0.05) is 6.92 Å². The van der Waals surface area contributed by atoms with E-state index in [9.17, 15) is 4.79 Å². The molecule has 1 aliphatic rings. The fourth-order valence-corrected chi connectivity index (χ4v) is 1.96. The zero-order chi connectivity index (χ0) is 12.1. The lowest BCUT2D eigenvalue weighted by Crippen LogP contribution is -2.48. The second-order valence-corrected chi connectivity index (χ2v) is 4.87. The van der Waals surface area contributed by atoms with Crippen molar-refractivity contribution in [1.29, 1.82) is 0 Å². The summed E-state index contributed by atoms with van der Waals surface area (Å²) in [6.45, 7) is 6.63. The largest absolute Gasteiger partial charge is 0.383 e. The number of ether oxygens (including phenoxy) is 1. The van der Waals surface area contributed by atoms with Gasteiger partial charge in [0.05, 0.1) is 12.6 Å². The van der Waals surface area contributed by atoms with Crippen molar-refractivity contribution in [2.45, 2.75) is 32.7 Å². The first kappa shape index (κ1) is 13.3. The monoisotopic (exact) mass is 228 g/mol. The number of amides is 2. The third kappa shape index (κ3) is 3.37. The van der Waals surface area contributed by atoms with E-state index in [1.807, 2.05) is 18.9 Å². The van der Waals surface area contributed by atoms with Crippen LogP contribution in [0, 0.1) is 5.92 Å². The molecular formula is C12H24N2O2. The van der Waals surface area contributed by atoms with Crippen molar-refractivity contribution >= 4 is 6.03 Å². The van der Waals surface area contributed by atoms with Crippen LogP contribution in [0.15, 0.2) is 0 Å². The highest BCUT2D eigenvalue weighted by Crippen LogP contribution is 2.17. The Morgan fingerprint density at radius 3 is 2.56 bits per heavy atom. The lowest BCUT2D eigenvalue weighted by Gasteiger charge is -2.35. The SMILES string of the molecule is COCC(C)N(C)C(=O)N1CCC(C)CC1. The average Bonchev–Trinajstić information content (AvgIpc) is 2.28. The molecular weight excluding hydrogens is 204 g/mol. The van der Waals surface area contributed by atoms with Crippen molar-refractivity contribution < 1.29 is 9.53 Å². The average molecular weight is 228 g/mol. The molecule has 0 aromatic heterocycles. The molecule has 1 heterocycles. The Hall–Kier alpha value is -0.770. The molecule has 16 heavy (non-hydrogen) atoms. The Morgan fingerprint density at radius 2 is 2.06 bits per heavy atom. The highest BCUT2D eigenvalue weighted by atomic mass is 16.5. The van der Waals surface area contributed by atoms with E-state index in [-0.39, 0.29) is 12.1 Å². The fraction of sp³-hybridized carbons (Fsp3) is 0.917. The Labute approximate surface area is 98.5 Å². The van der Waals surface area contributed by atoms with Crippen LogP contribution in [-0.4, -0.2) is 55.7 Å². The molecule has 0 N–H and O–H groups in total. The zero-order valence-electron chi connectivity index (χ0n) is 10.9. The molecule has 0 radical (unpaired) electrons. The second-order valence-electron chi connectivity index (χ2n) is 4.87. The van der Waals surface area contributed by atoms with Crippen molar-refractivity contribution in [3.05, 3.63) is 0 Å². The third-order valence-electron chi connectivity index (χ3n) is 3.42. The van der Waals surface area contributed by atoms with Crippen LogP contribution in [0.5, 0.6) is 0 Å². The number of likely N-dealkylation sites (tertiary alicyclic amines) is 1. The summed E-state index contributed by atoms with van der Waals surface area (Å²) in [5.41, 5.74) is 0. The van der Waals surface area contributed by atoms with Crippen LogP contribution in [0.4, 0.5) is 4.79 Å². The molecule has 0 saturated carbocycles. The van der Waals surface area contributed by atoms with Crippen LogP contribution in [0.2, 0.25) is 0 Å². The number of urea groups is 1. The van der Waals surface area contributed by atoms with Crippen LogP contribution in [0.3, 0.4) is 0 Å². The first-order chi connectivity index (χ1) is 7.56. The summed E-state index contributed by atoms with van der Waals surface area (Å²) in [5, 5.41) is 0. The maximum Gasteiger partial charge on any atom is 0.320 e. The Morgan fingerprint density at radius 1 is 1.50 bits per heavy atom. The molecule has 0 aromatic carbocycles. The quantitative estimate of drug-likeness (QED) is 0.738. The van der Waals surface area contributed by atoms with E-state index in [2.05, 4.69) is 6.92 Å². The van der Waals surface area contributed by atoms with Gasteiger partial charge in [-0.2, -0.15) is 0 Å². The highest BCUT2D eigenvalue weighted by Gasteiger charge is 2.25. The van der Waals surface area contributed by atoms with E-state index < -0.39 is 0 Å². The van der Waals surface area contributed by atoms with Crippen LogP contribution >= 0.6 is 0 Å². The summed E-state index contributed by atoms with van der Waals surface area (Å²) >= 11 is 0.